The molecule has 1 aliphatic rings. The standard InChI is InChI=1S/C11H16N2/c1-13-10-4-5-11-8(6-10)2-3-9(11)7-12/h4-6,9,13H,2-3,7,12H2,1H3. The topological polar surface area (TPSA) is 38.0 Å². The number of nitrogens with one attached hydrogen (secondary N) is 1. The molecule has 2 heteroatoms. The fourth-order valence-corrected chi connectivity index (χ4v) is 2.11. The molecule has 0 bridgehead atoms. The second-order valence-electron chi connectivity index (χ2n) is 3.63. The van der Waals surface area contributed by atoms with Gasteiger partial charge in [0.15, 0.2) is 0 Å². The summed E-state index contributed by atoms with van der Waals surface area (Å²) in [5.74, 6) is 0.598. The highest BCUT2D eigenvalue weighted by Crippen LogP contribution is 2.33. The van der Waals surface area contributed by atoms with Gasteiger partial charge < -0.3 is 11.1 Å². The molecule has 1 unspecified atom stereocenters. The van der Waals surface area contributed by atoms with Crippen molar-refractivity contribution in [3.05, 3.63) is 29.3 Å². The molecule has 0 aliphatic heterocycles. The van der Waals surface area contributed by atoms with Crippen molar-refractivity contribution in [1.29, 1.82) is 0 Å². The Labute approximate surface area is 79.1 Å². The second-order valence-corrected chi connectivity index (χ2v) is 3.63. The molecule has 2 nitrogen and oxygen atoms in total. The first-order valence-electron chi connectivity index (χ1n) is 4.86. The van der Waals surface area contributed by atoms with Crippen LogP contribution in [0.4, 0.5) is 5.69 Å². The molecule has 1 aromatic rings. The number of hydrogen-bond donors (Lipinski definition) is 2. The van der Waals surface area contributed by atoms with Gasteiger partial charge in [-0.05, 0) is 48.6 Å². The van der Waals surface area contributed by atoms with Crippen molar-refractivity contribution < 1.29 is 0 Å². The minimum absolute atomic E-state index is 0.598. The first-order valence-corrected chi connectivity index (χ1v) is 4.86. The quantitative estimate of drug-likeness (QED) is 0.720. The van der Waals surface area contributed by atoms with Gasteiger partial charge in [-0.1, -0.05) is 6.07 Å². The summed E-state index contributed by atoms with van der Waals surface area (Å²) in [6.07, 6.45) is 2.41. The highest BCUT2D eigenvalue weighted by molar-refractivity contribution is 5.50. The van der Waals surface area contributed by atoms with Crippen molar-refractivity contribution in [2.24, 2.45) is 5.73 Å². The molecule has 1 aliphatic carbocycles. The number of anilines is 1. The molecular weight excluding hydrogens is 160 g/mol. The van der Waals surface area contributed by atoms with E-state index in [4.69, 9.17) is 5.73 Å². The van der Waals surface area contributed by atoms with Crippen LogP contribution in [0.5, 0.6) is 0 Å². The molecule has 0 spiro atoms. The lowest BCUT2D eigenvalue weighted by Gasteiger charge is -2.08. The molecule has 0 amide bonds. The van der Waals surface area contributed by atoms with Crippen molar-refractivity contribution >= 4 is 5.69 Å². The van der Waals surface area contributed by atoms with Crippen molar-refractivity contribution in [2.75, 3.05) is 18.9 Å². The van der Waals surface area contributed by atoms with E-state index < -0.39 is 0 Å². The highest BCUT2D eigenvalue weighted by Gasteiger charge is 2.20. The maximum atomic E-state index is 5.70. The highest BCUT2D eigenvalue weighted by atomic mass is 14.8. The average molecular weight is 176 g/mol. The predicted octanol–water partition coefficient (Wildman–Crippen LogP) is 1.72. The van der Waals surface area contributed by atoms with Gasteiger partial charge in [-0.2, -0.15) is 0 Å². The van der Waals surface area contributed by atoms with Crippen LogP contribution < -0.4 is 11.1 Å². The summed E-state index contributed by atoms with van der Waals surface area (Å²) in [7, 11) is 1.96. The van der Waals surface area contributed by atoms with Crippen molar-refractivity contribution in [3.63, 3.8) is 0 Å². The minimum atomic E-state index is 0.598. The molecule has 13 heavy (non-hydrogen) atoms. The molecule has 0 saturated carbocycles. The molecule has 0 aromatic heterocycles. The third-order valence-corrected chi connectivity index (χ3v) is 2.92. The Hall–Kier alpha value is -1.02. The van der Waals surface area contributed by atoms with E-state index in [9.17, 15) is 0 Å². The lowest BCUT2D eigenvalue weighted by molar-refractivity contribution is 0.688. The summed E-state index contributed by atoms with van der Waals surface area (Å²) in [6.45, 7) is 0.784. The van der Waals surface area contributed by atoms with Gasteiger partial charge in [-0.15, -0.1) is 0 Å². The zero-order valence-electron chi connectivity index (χ0n) is 8.01. The Kier molecular flexibility index (Phi) is 2.23. The van der Waals surface area contributed by atoms with E-state index in [2.05, 4.69) is 23.5 Å². The van der Waals surface area contributed by atoms with E-state index in [1.165, 1.54) is 29.7 Å². The Balaban J connectivity index is 2.34. The van der Waals surface area contributed by atoms with Crippen LogP contribution in [0.2, 0.25) is 0 Å². The van der Waals surface area contributed by atoms with Crippen LogP contribution in [0.15, 0.2) is 18.2 Å². The van der Waals surface area contributed by atoms with Crippen LogP contribution in [0.3, 0.4) is 0 Å². The maximum absolute atomic E-state index is 5.70. The molecule has 0 radical (unpaired) electrons. The van der Waals surface area contributed by atoms with E-state index >= 15 is 0 Å². The number of benzene rings is 1. The van der Waals surface area contributed by atoms with Crippen molar-refractivity contribution in [1.82, 2.24) is 0 Å². The summed E-state index contributed by atoms with van der Waals surface area (Å²) in [5, 5.41) is 3.16. The molecule has 3 N–H and O–H groups in total. The third kappa shape index (κ3) is 1.42. The number of fused-ring (bicyclic) bond motifs is 1. The van der Waals surface area contributed by atoms with Crippen molar-refractivity contribution in [3.8, 4) is 0 Å². The molecule has 1 atom stereocenters. The molecule has 0 saturated heterocycles. The summed E-state index contributed by atoms with van der Waals surface area (Å²) in [6, 6.07) is 6.59. The molecule has 0 heterocycles. The largest absolute Gasteiger partial charge is 0.388 e. The van der Waals surface area contributed by atoms with Crippen molar-refractivity contribution in [2.45, 2.75) is 18.8 Å². The Morgan fingerprint density at radius 1 is 1.54 bits per heavy atom. The summed E-state index contributed by atoms with van der Waals surface area (Å²) < 4.78 is 0. The fourth-order valence-electron chi connectivity index (χ4n) is 2.11. The van der Waals surface area contributed by atoms with E-state index in [1.807, 2.05) is 7.05 Å². The maximum Gasteiger partial charge on any atom is 0.0340 e. The normalized spacial score (nSPS) is 20.0. The Bertz CT molecular complexity index is 307. The lowest BCUT2D eigenvalue weighted by Crippen LogP contribution is -2.09. The number of nitrogens with two attached hydrogens (primary N) is 1. The summed E-state index contributed by atoms with van der Waals surface area (Å²) in [5.41, 5.74) is 9.84. The Morgan fingerprint density at radius 3 is 3.08 bits per heavy atom. The Morgan fingerprint density at radius 2 is 2.38 bits per heavy atom. The molecule has 70 valence electrons. The average Bonchev–Trinajstić information content (AvgIpc) is 2.59. The van der Waals surface area contributed by atoms with E-state index in [1.54, 1.807) is 0 Å². The van der Waals surface area contributed by atoms with Gasteiger partial charge in [-0.25, -0.2) is 0 Å². The fraction of sp³-hybridized carbons (Fsp3) is 0.455. The van der Waals surface area contributed by atoms with Crippen LogP contribution in [-0.4, -0.2) is 13.6 Å². The zero-order valence-corrected chi connectivity index (χ0v) is 8.01. The van der Waals surface area contributed by atoms with E-state index in [0.29, 0.717) is 5.92 Å². The first-order chi connectivity index (χ1) is 6.35. The number of hydrogen-bond acceptors (Lipinski definition) is 2. The van der Waals surface area contributed by atoms with Gasteiger partial charge in [0.25, 0.3) is 0 Å². The van der Waals surface area contributed by atoms with Gasteiger partial charge in [0.1, 0.15) is 0 Å². The predicted molar refractivity (Wildman–Crippen MR) is 56.1 cm³/mol. The van der Waals surface area contributed by atoms with Gasteiger partial charge in [0, 0.05) is 12.7 Å². The van der Waals surface area contributed by atoms with Crippen LogP contribution in [0.1, 0.15) is 23.5 Å². The number of aryl methyl sites for hydroxylation is 1. The van der Waals surface area contributed by atoms with Crippen LogP contribution in [0, 0.1) is 0 Å². The van der Waals surface area contributed by atoms with Gasteiger partial charge in [-0.3, -0.25) is 0 Å². The summed E-state index contributed by atoms with van der Waals surface area (Å²) >= 11 is 0. The monoisotopic (exact) mass is 176 g/mol. The SMILES string of the molecule is CNc1ccc2c(c1)CCC2CN. The molecule has 0 fully saturated rings. The van der Waals surface area contributed by atoms with Crippen LogP contribution in [0.25, 0.3) is 0 Å². The second kappa shape index (κ2) is 3.38. The zero-order chi connectivity index (χ0) is 9.26. The smallest absolute Gasteiger partial charge is 0.0340 e. The molecular formula is C11H16N2. The van der Waals surface area contributed by atoms with Gasteiger partial charge in [0.05, 0.1) is 0 Å². The van der Waals surface area contributed by atoms with Gasteiger partial charge in [0.2, 0.25) is 0 Å². The van der Waals surface area contributed by atoms with E-state index in [-0.39, 0.29) is 0 Å². The number of rotatable bonds is 2. The molecule has 2 rings (SSSR count). The lowest BCUT2D eigenvalue weighted by atomic mass is 10.0. The van der Waals surface area contributed by atoms with Crippen LogP contribution >= 0.6 is 0 Å². The van der Waals surface area contributed by atoms with Gasteiger partial charge >= 0.3 is 0 Å². The molecule has 1 aromatic carbocycles. The van der Waals surface area contributed by atoms with E-state index in [0.717, 1.165) is 6.54 Å². The first kappa shape index (κ1) is 8.57. The van der Waals surface area contributed by atoms with Crippen LogP contribution in [-0.2, 0) is 6.42 Å². The third-order valence-electron chi connectivity index (χ3n) is 2.92. The minimum Gasteiger partial charge on any atom is -0.388 e. The summed E-state index contributed by atoms with van der Waals surface area (Å²) in [4.78, 5) is 0.